The van der Waals surface area contributed by atoms with Crippen molar-refractivity contribution in [2.24, 2.45) is 5.92 Å². The van der Waals surface area contributed by atoms with Crippen molar-refractivity contribution in [3.05, 3.63) is 138 Å². The Labute approximate surface area is 402 Å². The zero-order valence-electron chi connectivity index (χ0n) is 41.1. The molecule has 0 aliphatic carbocycles. The van der Waals surface area contributed by atoms with E-state index in [2.05, 4.69) is 149 Å². The molecule has 68 heavy (non-hydrogen) atoms. The quantitative estimate of drug-likeness (QED) is 0.0605. The van der Waals surface area contributed by atoms with E-state index in [1.807, 2.05) is 31.1 Å². The number of ether oxygens (including phenoxy) is 2. The zero-order valence-corrected chi connectivity index (χ0v) is 41.1. The molecular formula is C54H70N10O4. The third-order valence-corrected chi connectivity index (χ3v) is 14.2. The van der Waals surface area contributed by atoms with Crippen LogP contribution < -0.4 is 20.9 Å². The van der Waals surface area contributed by atoms with Gasteiger partial charge >= 0.3 is 6.09 Å². The number of hydrogen-bond donors (Lipinski definition) is 5. The summed E-state index contributed by atoms with van der Waals surface area (Å²) in [6.45, 7) is 20.8. The Morgan fingerprint density at radius 1 is 0.779 bits per heavy atom. The molecule has 3 saturated heterocycles. The molecule has 2 amide bonds. The maximum absolute atomic E-state index is 13.9. The number of methoxy groups -OCH3 is 2. The maximum atomic E-state index is 13.9. The number of likely N-dealkylation sites (N-methyl/N-ethyl adjacent to an activating group) is 1. The summed E-state index contributed by atoms with van der Waals surface area (Å²) in [6.07, 6.45) is 7.97. The smallest absolute Gasteiger partial charge is 0.407 e. The highest BCUT2D eigenvalue weighted by Crippen LogP contribution is 2.48. The summed E-state index contributed by atoms with van der Waals surface area (Å²) >= 11 is 0. The molecule has 1 unspecified atom stereocenters. The van der Waals surface area contributed by atoms with Crippen molar-refractivity contribution in [1.82, 2.24) is 45.7 Å². The first-order valence-corrected chi connectivity index (χ1v) is 24.1. The van der Waals surface area contributed by atoms with Crippen LogP contribution in [0.15, 0.2) is 110 Å². The normalized spacial score (nSPS) is 21.0. The van der Waals surface area contributed by atoms with Gasteiger partial charge < -0.3 is 50.1 Å². The number of H-pyrrole nitrogens is 2. The number of rotatable bonds is 16. The number of carbonyl (C=O) groups excluding carboxylic acids is 2. The second-order valence-electron chi connectivity index (χ2n) is 19.8. The molecule has 14 heteroatoms. The molecule has 0 bridgehead atoms. The molecular weight excluding hydrogens is 853 g/mol. The lowest BCUT2D eigenvalue weighted by Gasteiger charge is -2.35. The SMILES string of the molecule is C=C(NC(C(=O)N1CCC[C@H]1c1ncc(-c2ccc([C@H]3C[C@H](NC)[C@H](c4ccc(-c5cnc([C@@H]6CCCN6C(=C)CNC(=O)OC)[nH]5)cc4)N3c3ccc(C(C)(C)C)cc3)cc2)[nH]1)C(C)C)OC. The van der Waals surface area contributed by atoms with Gasteiger partial charge in [-0.25, -0.2) is 14.8 Å². The van der Waals surface area contributed by atoms with E-state index in [4.69, 9.17) is 19.4 Å². The molecule has 5 N–H and O–H groups in total. The number of benzene rings is 3. The van der Waals surface area contributed by atoms with Crippen LogP contribution in [0.3, 0.4) is 0 Å². The second-order valence-corrected chi connectivity index (χ2v) is 19.8. The predicted octanol–water partition coefficient (Wildman–Crippen LogP) is 9.45. The Morgan fingerprint density at radius 3 is 1.87 bits per heavy atom. The van der Waals surface area contributed by atoms with Gasteiger partial charge in [0.05, 0.1) is 68.7 Å². The number of likely N-dealkylation sites (tertiary alicyclic amines) is 2. The first-order chi connectivity index (χ1) is 32.7. The van der Waals surface area contributed by atoms with Crippen LogP contribution in [0, 0.1) is 5.92 Å². The zero-order chi connectivity index (χ0) is 48.3. The van der Waals surface area contributed by atoms with Crippen molar-refractivity contribution in [3.8, 4) is 22.5 Å². The second kappa shape index (κ2) is 20.4. The molecule has 0 spiro atoms. The molecule has 8 rings (SSSR count). The monoisotopic (exact) mass is 923 g/mol. The molecule has 6 atom stereocenters. The fourth-order valence-electron chi connectivity index (χ4n) is 10.4. The topological polar surface area (TPSA) is 156 Å². The minimum Gasteiger partial charge on any atom is -0.483 e. The molecule has 3 aromatic carbocycles. The standard InChI is InChI=1S/C54H70N10O4/c1-33(2)48(59-35(4)67-9)52(65)63-28-12-14-46(63)51-57-32-43(61-51)36-15-19-38(20-16-36)47-29-42(55-8)49(64(47)41-25-23-40(24-26-41)54(5,6)7)39-21-17-37(18-22-39)44-31-56-50(60-44)45-13-11-27-62(45)34(3)30-58-53(66)68-10/h15-26,31-33,42,45-49,55,59H,3-4,11-14,27-30H2,1-2,5-10H3,(H,56,60)(H,57,61)(H,58,66)/t42-,45-,46-,47+,48?,49-/m0/s1. The number of anilines is 1. The Bertz CT molecular complexity index is 2540. The van der Waals surface area contributed by atoms with Crippen LogP contribution in [-0.4, -0.2) is 94.7 Å². The van der Waals surface area contributed by atoms with Crippen molar-refractivity contribution in [2.45, 2.75) is 108 Å². The van der Waals surface area contributed by atoms with E-state index in [0.717, 1.165) is 78.5 Å². The van der Waals surface area contributed by atoms with Crippen LogP contribution in [-0.2, 0) is 19.7 Å². The van der Waals surface area contributed by atoms with E-state index < -0.39 is 12.1 Å². The lowest BCUT2D eigenvalue weighted by Crippen LogP contribution is -2.48. The van der Waals surface area contributed by atoms with E-state index in [-0.39, 0.29) is 47.4 Å². The van der Waals surface area contributed by atoms with Crippen LogP contribution in [0.25, 0.3) is 22.5 Å². The fraction of sp³-hybridized carbons (Fsp3) is 0.444. The first-order valence-electron chi connectivity index (χ1n) is 24.1. The van der Waals surface area contributed by atoms with Gasteiger partial charge in [0.1, 0.15) is 17.7 Å². The van der Waals surface area contributed by atoms with E-state index >= 15 is 0 Å². The third-order valence-electron chi connectivity index (χ3n) is 14.2. The summed E-state index contributed by atoms with van der Waals surface area (Å²) in [7, 11) is 4.99. The number of amides is 2. The average Bonchev–Trinajstić information content (AvgIpc) is 4.21. The van der Waals surface area contributed by atoms with Crippen molar-refractivity contribution >= 4 is 17.7 Å². The van der Waals surface area contributed by atoms with Gasteiger partial charge in [-0.15, -0.1) is 0 Å². The van der Waals surface area contributed by atoms with Gasteiger partial charge in [0.15, 0.2) is 5.88 Å². The number of imidazole rings is 2. The molecule has 5 aromatic rings. The molecule has 0 radical (unpaired) electrons. The highest BCUT2D eigenvalue weighted by Gasteiger charge is 2.43. The summed E-state index contributed by atoms with van der Waals surface area (Å²) in [5, 5.41) is 9.64. The molecule has 3 aliphatic heterocycles. The van der Waals surface area contributed by atoms with E-state index in [0.29, 0.717) is 19.0 Å². The Morgan fingerprint density at radius 2 is 1.34 bits per heavy atom. The third kappa shape index (κ3) is 10.0. The number of nitrogens with zero attached hydrogens (tertiary/aromatic N) is 5. The molecule has 2 aromatic heterocycles. The Kier molecular flexibility index (Phi) is 14.4. The lowest BCUT2D eigenvalue weighted by atomic mass is 9.87. The van der Waals surface area contributed by atoms with Gasteiger partial charge in [0, 0.05) is 30.5 Å². The van der Waals surface area contributed by atoms with Crippen molar-refractivity contribution < 1.29 is 19.1 Å². The molecule has 0 saturated carbocycles. The van der Waals surface area contributed by atoms with E-state index in [9.17, 15) is 9.59 Å². The van der Waals surface area contributed by atoms with Gasteiger partial charge in [-0.1, -0.05) is 102 Å². The average molecular weight is 923 g/mol. The van der Waals surface area contributed by atoms with Crippen LogP contribution >= 0.6 is 0 Å². The van der Waals surface area contributed by atoms with Gasteiger partial charge in [-0.2, -0.15) is 0 Å². The predicted molar refractivity (Wildman–Crippen MR) is 268 cm³/mol. The summed E-state index contributed by atoms with van der Waals surface area (Å²) in [5.74, 6) is 2.16. The minimum absolute atomic E-state index is 0.0291. The molecule has 3 aliphatic rings. The fourth-order valence-corrected chi connectivity index (χ4v) is 10.4. The minimum atomic E-state index is -0.472. The molecule has 360 valence electrons. The number of nitrogens with one attached hydrogen (secondary N) is 5. The van der Waals surface area contributed by atoms with E-state index in [1.54, 1.807) is 7.11 Å². The van der Waals surface area contributed by atoms with Crippen LogP contribution in [0.4, 0.5) is 10.5 Å². The number of hydrogen-bond acceptors (Lipinski definition) is 10. The number of aromatic amines is 2. The Balaban J connectivity index is 1.03. The molecule has 14 nitrogen and oxygen atoms in total. The number of alkyl carbamates (subject to hydrolysis) is 1. The molecule has 3 fully saturated rings. The number of aromatic nitrogens is 4. The van der Waals surface area contributed by atoms with Crippen LogP contribution in [0.2, 0.25) is 0 Å². The van der Waals surface area contributed by atoms with Gasteiger partial charge in [0.2, 0.25) is 5.91 Å². The van der Waals surface area contributed by atoms with Crippen molar-refractivity contribution in [2.75, 3.05) is 45.8 Å². The largest absolute Gasteiger partial charge is 0.483 e. The first kappa shape index (κ1) is 47.9. The molecule has 5 heterocycles. The van der Waals surface area contributed by atoms with E-state index in [1.165, 1.54) is 29.5 Å². The number of carbonyl (C=O) groups is 2. The summed E-state index contributed by atoms with van der Waals surface area (Å²) in [5.41, 5.74) is 9.79. The van der Waals surface area contributed by atoms with Gasteiger partial charge in [-0.05, 0) is 97.0 Å². The summed E-state index contributed by atoms with van der Waals surface area (Å²) in [4.78, 5) is 49.3. The summed E-state index contributed by atoms with van der Waals surface area (Å²) in [6, 6.07) is 26.8. The lowest BCUT2D eigenvalue weighted by molar-refractivity contribution is -0.135. The Hall–Kier alpha value is -6.54. The summed E-state index contributed by atoms with van der Waals surface area (Å²) < 4.78 is 10.0. The highest BCUT2D eigenvalue weighted by molar-refractivity contribution is 5.83. The van der Waals surface area contributed by atoms with Gasteiger partial charge in [-0.3, -0.25) is 4.79 Å². The van der Waals surface area contributed by atoms with Crippen LogP contribution in [0.1, 0.15) is 119 Å². The maximum Gasteiger partial charge on any atom is 0.407 e. The van der Waals surface area contributed by atoms with Crippen LogP contribution in [0.5, 0.6) is 0 Å². The van der Waals surface area contributed by atoms with Crippen molar-refractivity contribution in [1.29, 1.82) is 0 Å². The highest BCUT2D eigenvalue weighted by atomic mass is 16.5. The van der Waals surface area contributed by atoms with Crippen molar-refractivity contribution in [3.63, 3.8) is 0 Å². The van der Waals surface area contributed by atoms with Gasteiger partial charge in [0.25, 0.3) is 0 Å².